The van der Waals surface area contributed by atoms with Gasteiger partial charge in [-0.1, -0.05) is 115 Å². The predicted octanol–water partition coefficient (Wildman–Crippen LogP) is 12.0. The van der Waals surface area contributed by atoms with E-state index >= 15 is 0 Å². The zero-order valence-corrected chi connectivity index (χ0v) is 27.3. The van der Waals surface area contributed by atoms with Gasteiger partial charge >= 0.3 is 0 Å². The molecule has 2 aromatic heterocycles. The lowest BCUT2D eigenvalue weighted by Crippen LogP contribution is -2.15. The zero-order valence-electron chi connectivity index (χ0n) is 27.3. The van der Waals surface area contributed by atoms with Crippen molar-refractivity contribution in [3.05, 3.63) is 170 Å². The number of hydrogen-bond acceptors (Lipinski definition) is 6. The molecule has 0 saturated heterocycles. The van der Waals surface area contributed by atoms with Crippen LogP contribution in [0.5, 0.6) is 11.5 Å². The van der Waals surface area contributed by atoms with E-state index in [0.717, 1.165) is 78.3 Å². The van der Waals surface area contributed by atoms with Gasteiger partial charge in [0.05, 0.1) is 11.4 Å². The molecule has 3 heterocycles. The first-order valence-electron chi connectivity index (χ1n) is 16.9. The minimum atomic E-state index is 0.599. The fourth-order valence-corrected chi connectivity index (χ4v) is 6.91. The molecule has 6 nitrogen and oxygen atoms in total. The Morgan fingerprint density at radius 2 is 0.980 bits per heavy atom. The average molecular weight is 657 g/mol. The summed E-state index contributed by atoms with van der Waals surface area (Å²) in [6.45, 7) is 0. The van der Waals surface area contributed by atoms with Gasteiger partial charge < -0.3 is 14.1 Å². The second kappa shape index (κ2) is 11.8. The molecule has 7 aromatic carbocycles. The number of anilines is 3. The van der Waals surface area contributed by atoms with Crippen LogP contribution in [-0.2, 0) is 0 Å². The first-order valence-corrected chi connectivity index (χ1v) is 16.9. The van der Waals surface area contributed by atoms with Gasteiger partial charge in [-0.25, -0.2) is 15.0 Å². The highest BCUT2D eigenvalue weighted by Crippen LogP contribution is 2.50. The lowest BCUT2D eigenvalue weighted by Gasteiger charge is -2.32. The minimum absolute atomic E-state index is 0.599. The van der Waals surface area contributed by atoms with Crippen LogP contribution in [0.25, 0.3) is 67.2 Å². The fourth-order valence-electron chi connectivity index (χ4n) is 6.91. The molecule has 240 valence electrons. The Morgan fingerprint density at radius 1 is 0.412 bits per heavy atom. The fraction of sp³-hybridized carbons (Fsp3) is 0. The van der Waals surface area contributed by atoms with Gasteiger partial charge in [0.25, 0.3) is 0 Å². The standard InChI is InChI=1S/C45H28N4O2/c1-3-12-30(13-4-1)43-46-44(31-14-5-2-6-15-31)48-45(47-43)35-16-11-21-40-42(35)34-27-24-32(28-41(34)51-40)29-22-25-33(26-23-29)49-36-17-7-9-19-38(36)50-39-20-10-8-18-37(39)49/h1-28H. The van der Waals surface area contributed by atoms with Crippen molar-refractivity contribution < 1.29 is 9.15 Å². The van der Waals surface area contributed by atoms with Crippen molar-refractivity contribution in [2.45, 2.75) is 0 Å². The van der Waals surface area contributed by atoms with E-state index in [-0.39, 0.29) is 0 Å². The molecule has 0 saturated carbocycles. The third kappa shape index (κ3) is 5.01. The summed E-state index contributed by atoms with van der Waals surface area (Å²) in [5, 5.41) is 1.98. The van der Waals surface area contributed by atoms with Gasteiger partial charge in [0, 0.05) is 33.2 Å². The Kier molecular flexibility index (Phi) is 6.70. The zero-order chi connectivity index (χ0) is 33.7. The van der Waals surface area contributed by atoms with Gasteiger partial charge in [-0.3, -0.25) is 0 Å². The van der Waals surface area contributed by atoms with Gasteiger partial charge in [0.2, 0.25) is 0 Å². The molecular weight excluding hydrogens is 629 g/mol. The first kappa shape index (κ1) is 28.9. The SMILES string of the molecule is c1ccc(-c2nc(-c3ccccc3)nc(-c3cccc4oc5cc(-c6ccc(N7c8ccccc8Oc8ccccc87)cc6)ccc5c34)n2)cc1. The van der Waals surface area contributed by atoms with Gasteiger partial charge in [0.1, 0.15) is 11.2 Å². The van der Waals surface area contributed by atoms with E-state index < -0.39 is 0 Å². The summed E-state index contributed by atoms with van der Waals surface area (Å²) in [7, 11) is 0. The number of fused-ring (bicyclic) bond motifs is 5. The summed E-state index contributed by atoms with van der Waals surface area (Å²) >= 11 is 0. The summed E-state index contributed by atoms with van der Waals surface area (Å²) in [6.07, 6.45) is 0. The minimum Gasteiger partial charge on any atom is -0.456 e. The second-order valence-electron chi connectivity index (χ2n) is 12.4. The average Bonchev–Trinajstić information content (AvgIpc) is 3.59. The number of benzene rings is 7. The number of furan rings is 1. The van der Waals surface area contributed by atoms with Crippen molar-refractivity contribution >= 4 is 39.0 Å². The maximum absolute atomic E-state index is 6.51. The maximum Gasteiger partial charge on any atom is 0.164 e. The molecule has 0 radical (unpaired) electrons. The van der Waals surface area contributed by atoms with Gasteiger partial charge in [-0.2, -0.15) is 0 Å². The lowest BCUT2D eigenvalue weighted by atomic mass is 10.0. The Labute approximate surface area is 293 Å². The molecule has 1 aliphatic rings. The summed E-state index contributed by atoms with van der Waals surface area (Å²) in [4.78, 5) is 17.1. The van der Waals surface area contributed by atoms with Crippen LogP contribution in [0.3, 0.4) is 0 Å². The number of rotatable bonds is 5. The van der Waals surface area contributed by atoms with Gasteiger partial charge in [0.15, 0.2) is 29.0 Å². The van der Waals surface area contributed by atoms with Crippen LogP contribution in [0.15, 0.2) is 174 Å². The highest BCUT2D eigenvalue weighted by Gasteiger charge is 2.25. The van der Waals surface area contributed by atoms with Crippen molar-refractivity contribution in [3.63, 3.8) is 0 Å². The molecule has 0 amide bonds. The van der Waals surface area contributed by atoms with Crippen LogP contribution in [0.2, 0.25) is 0 Å². The summed E-state index contributed by atoms with van der Waals surface area (Å²) in [6, 6.07) is 57.4. The molecule has 0 aliphatic carbocycles. The molecule has 0 atom stereocenters. The highest BCUT2D eigenvalue weighted by atomic mass is 16.5. The van der Waals surface area contributed by atoms with E-state index in [0.29, 0.717) is 17.5 Å². The predicted molar refractivity (Wildman–Crippen MR) is 204 cm³/mol. The molecule has 9 aromatic rings. The number of para-hydroxylation sites is 4. The van der Waals surface area contributed by atoms with Crippen LogP contribution < -0.4 is 9.64 Å². The number of nitrogens with zero attached hydrogens (tertiary/aromatic N) is 4. The van der Waals surface area contributed by atoms with Crippen molar-refractivity contribution in [2.75, 3.05) is 4.90 Å². The second-order valence-corrected chi connectivity index (χ2v) is 12.4. The van der Waals surface area contributed by atoms with Crippen molar-refractivity contribution in [1.82, 2.24) is 15.0 Å². The highest BCUT2D eigenvalue weighted by molar-refractivity contribution is 6.12. The molecule has 0 N–H and O–H groups in total. The van der Waals surface area contributed by atoms with E-state index in [9.17, 15) is 0 Å². The third-order valence-corrected chi connectivity index (χ3v) is 9.33. The maximum atomic E-state index is 6.51. The summed E-state index contributed by atoms with van der Waals surface area (Å²) < 4.78 is 12.7. The van der Waals surface area contributed by atoms with Crippen LogP contribution in [-0.4, -0.2) is 15.0 Å². The van der Waals surface area contributed by atoms with E-state index in [1.807, 2.05) is 109 Å². The quantitative estimate of drug-likeness (QED) is 0.184. The van der Waals surface area contributed by atoms with E-state index in [1.54, 1.807) is 0 Å². The normalized spacial score (nSPS) is 12.0. The molecule has 1 aliphatic heterocycles. The van der Waals surface area contributed by atoms with E-state index in [1.165, 1.54) is 0 Å². The van der Waals surface area contributed by atoms with Crippen LogP contribution in [0, 0.1) is 0 Å². The Bertz CT molecular complexity index is 2620. The first-order chi connectivity index (χ1) is 25.3. The molecule has 0 bridgehead atoms. The smallest absolute Gasteiger partial charge is 0.164 e. The topological polar surface area (TPSA) is 64.3 Å². The molecule has 6 heteroatoms. The molecule has 0 unspecified atom stereocenters. The number of ether oxygens (including phenoxy) is 1. The Hall–Kier alpha value is -7.05. The number of aromatic nitrogens is 3. The van der Waals surface area contributed by atoms with Crippen molar-refractivity contribution in [2.24, 2.45) is 0 Å². The van der Waals surface area contributed by atoms with E-state index in [4.69, 9.17) is 24.1 Å². The largest absolute Gasteiger partial charge is 0.456 e. The molecule has 10 rings (SSSR count). The van der Waals surface area contributed by atoms with Gasteiger partial charge in [-0.05, 0) is 65.7 Å². The third-order valence-electron chi connectivity index (χ3n) is 9.33. The Morgan fingerprint density at radius 3 is 1.63 bits per heavy atom. The lowest BCUT2D eigenvalue weighted by molar-refractivity contribution is 0.477. The molecular formula is C45H28N4O2. The molecule has 0 fully saturated rings. The van der Waals surface area contributed by atoms with Crippen molar-refractivity contribution in [1.29, 1.82) is 0 Å². The monoisotopic (exact) mass is 656 g/mol. The molecule has 51 heavy (non-hydrogen) atoms. The number of hydrogen-bond donors (Lipinski definition) is 0. The van der Waals surface area contributed by atoms with Gasteiger partial charge in [-0.15, -0.1) is 0 Å². The van der Waals surface area contributed by atoms with Crippen LogP contribution >= 0.6 is 0 Å². The summed E-state index contributed by atoms with van der Waals surface area (Å²) in [5.41, 5.74) is 9.56. The summed E-state index contributed by atoms with van der Waals surface area (Å²) in [5.74, 6) is 3.51. The Balaban J connectivity index is 1.05. The van der Waals surface area contributed by atoms with Crippen molar-refractivity contribution in [3.8, 4) is 56.8 Å². The van der Waals surface area contributed by atoms with Crippen LogP contribution in [0.1, 0.15) is 0 Å². The van der Waals surface area contributed by atoms with E-state index in [2.05, 4.69) is 65.6 Å². The molecule has 0 spiro atoms. The van der Waals surface area contributed by atoms with Crippen LogP contribution in [0.4, 0.5) is 17.1 Å².